The number of benzene rings is 1. The van der Waals surface area contributed by atoms with Crippen LogP contribution in [0.2, 0.25) is 0 Å². The number of hydrogen-bond donors (Lipinski definition) is 2. The third kappa shape index (κ3) is 7.22. The SMILES string of the molecule is CCS(=O)(=O)CCNC(=O)C(CCSC)NS(=O)(=O)c1ccccc1F. The lowest BCUT2D eigenvalue weighted by molar-refractivity contribution is -0.122. The second kappa shape index (κ2) is 10.2. The first-order chi connectivity index (χ1) is 12.1. The van der Waals surface area contributed by atoms with Gasteiger partial charge in [0.25, 0.3) is 0 Å². The lowest BCUT2D eigenvalue weighted by Crippen LogP contribution is -2.48. The molecule has 1 rings (SSSR count). The first kappa shape index (κ1) is 22.9. The van der Waals surface area contributed by atoms with Gasteiger partial charge >= 0.3 is 0 Å². The van der Waals surface area contributed by atoms with Crippen LogP contribution in [0.4, 0.5) is 4.39 Å². The summed E-state index contributed by atoms with van der Waals surface area (Å²) in [5, 5.41) is 2.42. The number of rotatable bonds is 11. The second-order valence-corrected chi connectivity index (χ2v) is 10.6. The van der Waals surface area contributed by atoms with Crippen molar-refractivity contribution in [3.63, 3.8) is 0 Å². The molecule has 0 aromatic heterocycles. The van der Waals surface area contributed by atoms with Crippen molar-refractivity contribution in [1.82, 2.24) is 10.0 Å². The standard InChI is InChI=1S/C15H23FN2O5S3/c1-3-25(20,21)11-9-17-15(19)13(8-10-24-2)18-26(22,23)14-7-5-4-6-12(14)16/h4-7,13,18H,3,8-11H2,1-2H3,(H,17,19). The Balaban J connectivity index is 2.86. The average molecular weight is 427 g/mol. The molecule has 148 valence electrons. The van der Waals surface area contributed by atoms with Crippen LogP contribution in [0.25, 0.3) is 0 Å². The van der Waals surface area contributed by atoms with Gasteiger partial charge in [-0.05, 0) is 30.6 Å². The van der Waals surface area contributed by atoms with Crippen molar-refractivity contribution < 1.29 is 26.0 Å². The third-order valence-electron chi connectivity index (χ3n) is 3.50. The van der Waals surface area contributed by atoms with Crippen molar-refractivity contribution in [2.75, 3.05) is 30.1 Å². The predicted molar refractivity (Wildman–Crippen MR) is 101 cm³/mol. The Morgan fingerprint density at radius 3 is 2.46 bits per heavy atom. The van der Waals surface area contributed by atoms with E-state index in [1.165, 1.54) is 30.8 Å². The van der Waals surface area contributed by atoms with E-state index in [0.29, 0.717) is 5.75 Å². The maximum atomic E-state index is 13.8. The lowest BCUT2D eigenvalue weighted by atomic mass is 10.2. The first-order valence-corrected chi connectivity index (χ1v) is 12.6. The smallest absolute Gasteiger partial charge is 0.244 e. The Morgan fingerprint density at radius 2 is 1.88 bits per heavy atom. The lowest BCUT2D eigenvalue weighted by Gasteiger charge is -2.18. The van der Waals surface area contributed by atoms with Gasteiger partial charge in [-0.2, -0.15) is 16.5 Å². The van der Waals surface area contributed by atoms with Crippen LogP contribution in [0.5, 0.6) is 0 Å². The van der Waals surface area contributed by atoms with Gasteiger partial charge in [0.05, 0.1) is 5.75 Å². The second-order valence-electron chi connectivity index (χ2n) is 5.41. The summed E-state index contributed by atoms with van der Waals surface area (Å²) < 4.78 is 63.7. The fourth-order valence-electron chi connectivity index (χ4n) is 1.99. The molecule has 2 N–H and O–H groups in total. The summed E-state index contributed by atoms with van der Waals surface area (Å²) in [4.78, 5) is 11.7. The molecular weight excluding hydrogens is 403 g/mol. The number of sulfonamides is 1. The summed E-state index contributed by atoms with van der Waals surface area (Å²) in [5.41, 5.74) is 0. The van der Waals surface area contributed by atoms with Crippen LogP contribution in [0.15, 0.2) is 29.2 Å². The number of nitrogens with one attached hydrogen (secondary N) is 2. The van der Waals surface area contributed by atoms with Gasteiger partial charge in [-0.3, -0.25) is 4.79 Å². The highest BCUT2D eigenvalue weighted by Gasteiger charge is 2.27. The molecule has 0 spiro atoms. The number of thioether (sulfide) groups is 1. The molecule has 0 saturated carbocycles. The number of hydrogen-bond acceptors (Lipinski definition) is 6. The van der Waals surface area contributed by atoms with Crippen LogP contribution in [-0.4, -0.2) is 58.8 Å². The molecule has 0 aliphatic heterocycles. The fraction of sp³-hybridized carbons (Fsp3) is 0.533. The van der Waals surface area contributed by atoms with Crippen LogP contribution in [0.1, 0.15) is 13.3 Å². The van der Waals surface area contributed by atoms with Crippen molar-refractivity contribution in [3.8, 4) is 0 Å². The van der Waals surface area contributed by atoms with Crippen molar-refractivity contribution in [2.24, 2.45) is 0 Å². The normalized spacial score (nSPS) is 13.3. The van der Waals surface area contributed by atoms with Crippen molar-refractivity contribution >= 4 is 37.5 Å². The molecule has 26 heavy (non-hydrogen) atoms. The van der Waals surface area contributed by atoms with E-state index < -0.39 is 42.5 Å². The van der Waals surface area contributed by atoms with Gasteiger partial charge in [0.15, 0.2) is 9.84 Å². The van der Waals surface area contributed by atoms with Gasteiger partial charge in [0.1, 0.15) is 16.8 Å². The Bertz CT molecular complexity index is 812. The minimum absolute atomic E-state index is 0.0430. The molecule has 1 unspecified atom stereocenters. The van der Waals surface area contributed by atoms with Crippen molar-refractivity contribution in [3.05, 3.63) is 30.1 Å². The minimum atomic E-state index is -4.24. The Kier molecular flexibility index (Phi) is 9.01. The van der Waals surface area contributed by atoms with Crippen LogP contribution in [-0.2, 0) is 24.7 Å². The summed E-state index contributed by atoms with van der Waals surface area (Å²) in [6, 6.07) is 3.73. The van der Waals surface area contributed by atoms with Gasteiger partial charge in [0, 0.05) is 12.3 Å². The zero-order valence-electron chi connectivity index (χ0n) is 14.6. The van der Waals surface area contributed by atoms with Crippen LogP contribution in [0.3, 0.4) is 0 Å². The first-order valence-electron chi connectivity index (χ1n) is 7.87. The molecule has 11 heteroatoms. The van der Waals surface area contributed by atoms with E-state index in [1.54, 1.807) is 6.26 Å². The third-order valence-corrected chi connectivity index (χ3v) is 7.36. The van der Waals surface area contributed by atoms with Gasteiger partial charge in [-0.15, -0.1) is 0 Å². The van der Waals surface area contributed by atoms with E-state index in [4.69, 9.17) is 0 Å². The number of carbonyl (C=O) groups excluding carboxylic acids is 1. The molecule has 0 bridgehead atoms. The number of sulfone groups is 1. The Hall–Kier alpha value is -1.17. The molecular formula is C15H23FN2O5S3. The summed E-state index contributed by atoms with van der Waals surface area (Å²) in [6.45, 7) is 1.38. The maximum absolute atomic E-state index is 13.8. The fourth-order valence-corrected chi connectivity index (χ4v) is 4.47. The monoisotopic (exact) mass is 426 g/mol. The summed E-state index contributed by atoms with van der Waals surface area (Å²) in [7, 11) is -7.49. The Morgan fingerprint density at radius 1 is 1.23 bits per heavy atom. The summed E-state index contributed by atoms with van der Waals surface area (Å²) in [5.74, 6) is -1.35. The zero-order valence-corrected chi connectivity index (χ0v) is 17.0. The molecule has 0 aliphatic rings. The minimum Gasteiger partial charge on any atom is -0.354 e. The van der Waals surface area contributed by atoms with Crippen molar-refractivity contribution in [2.45, 2.75) is 24.3 Å². The molecule has 0 radical (unpaired) electrons. The van der Waals surface area contributed by atoms with Crippen LogP contribution < -0.4 is 10.0 Å². The number of amides is 1. The predicted octanol–water partition coefficient (Wildman–Crippen LogP) is 0.777. The molecule has 1 aromatic rings. The molecule has 1 atom stereocenters. The quantitative estimate of drug-likeness (QED) is 0.541. The van der Waals surface area contributed by atoms with Gasteiger partial charge < -0.3 is 5.32 Å². The summed E-state index contributed by atoms with van der Waals surface area (Å²) in [6.07, 6.45) is 1.98. The highest BCUT2D eigenvalue weighted by atomic mass is 32.2. The van der Waals surface area contributed by atoms with Crippen molar-refractivity contribution in [1.29, 1.82) is 0 Å². The molecule has 0 aliphatic carbocycles. The van der Waals surface area contributed by atoms with E-state index in [2.05, 4.69) is 10.0 Å². The van der Waals surface area contributed by atoms with Gasteiger partial charge in [-0.1, -0.05) is 19.1 Å². The highest BCUT2D eigenvalue weighted by Crippen LogP contribution is 2.14. The average Bonchev–Trinajstić information content (AvgIpc) is 2.58. The zero-order chi connectivity index (χ0) is 19.8. The van der Waals surface area contributed by atoms with E-state index in [-0.39, 0.29) is 24.5 Å². The molecule has 1 aromatic carbocycles. The molecule has 1 amide bonds. The number of carbonyl (C=O) groups is 1. The van der Waals surface area contributed by atoms with E-state index in [1.807, 2.05) is 0 Å². The molecule has 0 saturated heterocycles. The van der Waals surface area contributed by atoms with E-state index in [9.17, 15) is 26.0 Å². The molecule has 0 fully saturated rings. The largest absolute Gasteiger partial charge is 0.354 e. The van der Waals surface area contributed by atoms with Crippen LogP contribution >= 0.6 is 11.8 Å². The number of halogens is 1. The molecule has 0 heterocycles. The Labute approximate surface area is 158 Å². The topological polar surface area (TPSA) is 109 Å². The van der Waals surface area contributed by atoms with E-state index >= 15 is 0 Å². The molecule has 7 nitrogen and oxygen atoms in total. The van der Waals surface area contributed by atoms with Gasteiger partial charge in [-0.25, -0.2) is 21.2 Å². The highest BCUT2D eigenvalue weighted by molar-refractivity contribution is 7.98. The summed E-state index contributed by atoms with van der Waals surface area (Å²) >= 11 is 1.42. The van der Waals surface area contributed by atoms with Gasteiger partial charge in [0.2, 0.25) is 15.9 Å². The van der Waals surface area contributed by atoms with E-state index in [0.717, 1.165) is 12.1 Å². The maximum Gasteiger partial charge on any atom is 0.244 e. The van der Waals surface area contributed by atoms with Crippen LogP contribution in [0, 0.1) is 5.82 Å².